The summed E-state index contributed by atoms with van der Waals surface area (Å²) in [4.78, 5) is 12.3. The summed E-state index contributed by atoms with van der Waals surface area (Å²) in [7, 11) is 4.12. The number of hydrogen-bond donors (Lipinski definition) is 1. The van der Waals surface area contributed by atoms with Gasteiger partial charge in [0.25, 0.3) is 0 Å². The summed E-state index contributed by atoms with van der Waals surface area (Å²) in [6.07, 6.45) is 1.46. The number of Topliss-reactive ketones (excluding diaryl/α,β-unsaturated/α-hetero) is 1. The third-order valence-electron chi connectivity index (χ3n) is 3.50. The van der Waals surface area contributed by atoms with Gasteiger partial charge in [0.15, 0.2) is 11.4 Å². The lowest BCUT2D eigenvalue weighted by molar-refractivity contribution is -0.900. The summed E-state index contributed by atoms with van der Waals surface area (Å²) in [5, 5.41) is 10.6. The fraction of sp³-hybridized carbons (Fsp3) is 0.500. The Kier molecular flexibility index (Phi) is 3.06. The number of ketones is 1. The SMILES string of the molecule is C[N+]1(C)CCCC(O)(C(=O)c2ccccc2)C1. The molecule has 0 saturated carbocycles. The first-order chi connectivity index (χ1) is 7.93. The Morgan fingerprint density at radius 3 is 2.53 bits per heavy atom. The van der Waals surface area contributed by atoms with Crippen LogP contribution in [0.25, 0.3) is 0 Å². The summed E-state index contributed by atoms with van der Waals surface area (Å²) >= 11 is 0. The number of benzene rings is 1. The number of likely N-dealkylation sites (N-methyl/N-ethyl adjacent to an activating group) is 1. The maximum absolute atomic E-state index is 12.3. The summed E-state index contributed by atoms with van der Waals surface area (Å²) in [5.74, 6) is -0.135. The molecule has 1 N–H and O–H groups in total. The Balaban J connectivity index is 2.24. The number of carbonyl (C=O) groups is 1. The molecule has 1 aliphatic heterocycles. The van der Waals surface area contributed by atoms with E-state index in [2.05, 4.69) is 14.1 Å². The average Bonchev–Trinajstić information content (AvgIpc) is 2.27. The van der Waals surface area contributed by atoms with E-state index in [0.29, 0.717) is 23.0 Å². The number of nitrogens with zero attached hydrogens (tertiary/aromatic N) is 1. The summed E-state index contributed by atoms with van der Waals surface area (Å²) in [6.45, 7) is 1.52. The van der Waals surface area contributed by atoms with Crippen LogP contribution in [0.2, 0.25) is 0 Å². The van der Waals surface area contributed by atoms with E-state index in [1.165, 1.54) is 0 Å². The number of rotatable bonds is 2. The van der Waals surface area contributed by atoms with Crippen molar-refractivity contribution in [3.8, 4) is 0 Å². The highest BCUT2D eigenvalue weighted by Gasteiger charge is 2.45. The second-order valence-corrected chi connectivity index (χ2v) is 5.65. The van der Waals surface area contributed by atoms with Crippen LogP contribution in [0.4, 0.5) is 0 Å². The summed E-state index contributed by atoms with van der Waals surface area (Å²) in [5.41, 5.74) is -0.583. The first-order valence-electron chi connectivity index (χ1n) is 6.07. The Labute approximate surface area is 102 Å². The number of likely N-dealkylation sites (tertiary alicyclic amines) is 1. The van der Waals surface area contributed by atoms with E-state index < -0.39 is 5.60 Å². The third kappa shape index (κ3) is 2.56. The molecule has 2 rings (SSSR count). The van der Waals surface area contributed by atoms with E-state index in [-0.39, 0.29) is 5.78 Å². The van der Waals surface area contributed by atoms with Gasteiger partial charge in [0, 0.05) is 5.56 Å². The topological polar surface area (TPSA) is 37.3 Å². The summed E-state index contributed by atoms with van der Waals surface area (Å²) < 4.78 is 0.703. The fourth-order valence-electron chi connectivity index (χ4n) is 2.71. The minimum atomic E-state index is -1.19. The molecule has 1 aromatic rings. The standard InChI is InChI=1S/C14H20NO2/c1-15(2)10-6-9-14(17,11-15)13(16)12-7-4-3-5-8-12/h3-5,7-8,17H,6,9-11H2,1-2H3/q+1. The second kappa shape index (κ2) is 4.24. The van der Waals surface area contributed by atoms with E-state index in [1.54, 1.807) is 12.1 Å². The normalized spacial score (nSPS) is 27.7. The van der Waals surface area contributed by atoms with Gasteiger partial charge >= 0.3 is 0 Å². The molecule has 3 nitrogen and oxygen atoms in total. The van der Waals surface area contributed by atoms with E-state index in [0.717, 1.165) is 13.0 Å². The molecule has 0 aromatic heterocycles. The molecule has 92 valence electrons. The summed E-state index contributed by atoms with van der Waals surface area (Å²) in [6, 6.07) is 9.09. The molecule has 1 unspecified atom stereocenters. The molecule has 17 heavy (non-hydrogen) atoms. The Bertz CT molecular complexity index is 413. The molecule has 1 heterocycles. The van der Waals surface area contributed by atoms with Gasteiger partial charge in [-0.3, -0.25) is 4.79 Å². The Morgan fingerprint density at radius 1 is 1.29 bits per heavy atom. The molecule has 1 aliphatic rings. The smallest absolute Gasteiger partial charge is 0.200 e. The van der Waals surface area contributed by atoms with Crippen LogP contribution < -0.4 is 0 Å². The van der Waals surface area contributed by atoms with Gasteiger partial charge in [0.05, 0.1) is 20.6 Å². The molecule has 0 spiro atoms. The van der Waals surface area contributed by atoms with Crippen molar-refractivity contribution in [2.75, 3.05) is 27.2 Å². The Hall–Kier alpha value is -1.19. The van der Waals surface area contributed by atoms with Crippen LogP contribution in [0.15, 0.2) is 30.3 Å². The maximum Gasteiger partial charge on any atom is 0.200 e. The molecule has 1 fully saturated rings. The van der Waals surface area contributed by atoms with Crippen LogP contribution in [0.3, 0.4) is 0 Å². The minimum Gasteiger partial charge on any atom is -0.376 e. The van der Waals surface area contributed by atoms with Gasteiger partial charge < -0.3 is 9.59 Å². The van der Waals surface area contributed by atoms with Crippen molar-refractivity contribution in [1.82, 2.24) is 0 Å². The van der Waals surface area contributed by atoms with Gasteiger partial charge in [0.1, 0.15) is 6.54 Å². The molecular weight excluding hydrogens is 214 g/mol. The van der Waals surface area contributed by atoms with Crippen molar-refractivity contribution in [1.29, 1.82) is 0 Å². The largest absolute Gasteiger partial charge is 0.376 e. The molecule has 3 heteroatoms. The monoisotopic (exact) mass is 234 g/mol. The highest BCUT2D eigenvalue weighted by atomic mass is 16.3. The molecule has 0 radical (unpaired) electrons. The number of hydrogen-bond acceptors (Lipinski definition) is 2. The van der Waals surface area contributed by atoms with Crippen molar-refractivity contribution in [2.45, 2.75) is 18.4 Å². The first-order valence-corrected chi connectivity index (χ1v) is 6.07. The molecule has 0 amide bonds. The third-order valence-corrected chi connectivity index (χ3v) is 3.50. The Morgan fingerprint density at radius 2 is 1.94 bits per heavy atom. The van der Waals surface area contributed by atoms with Crippen molar-refractivity contribution in [3.05, 3.63) is 35.9 Å². The van der Waals surface area contributed by atoms with Gasteiger partial charge in [-0.2, -0.15) is 0 Å². The number of quaternary nitrogens is 1. The lowest BCUT2D eigenvalue weighted by Gasteiger charge is -2.42. The number of carbonyl (C=O) groups excluding carboxylic acids is 1. The quantitative estimate of drug-likeness (QED) is 0.621. The molecule has 0 bridgehead atoms. The van der Waals surface area contributed by atoms with E-state index >= 15 is 0 Å². The zero-order valence-corrected chi connectivity index (χ0v) is 10.5. The van der Waals surface area contributed by atoms with Crippen LogP contribution in [0.1, 0.15) is 23.2 Å². The predicted octanol–water partition coefficient (Wildman–Crippen LogP) is 1.47. The fourth-order valence-corrected chi connectivity index (χ4v) is 2.71. The highest BCUT2D eigenvalue weighted by Crippen LogP contribution is 2.27. The van der Waals surface area contributed by atoms with Gasteiger partial charge in [-0.05, 0) is 12.8 Å². The van der Waals surface area contributed by atoms with Crippen LogP contribution in [-0.4, -0.2) is 48.2 Å². The molecular formula is C14H20NO2+. The zero-order chi connectivity index (χ0) is 12.5. The molecule has 1 atom stereocenters. The lowest BCUT2D eigenvalue weighted by Crippen LogP contribution is -2.59. The van der Waals surface area contributed by atoms with E-state index in [1.807, 2.05) is 18.2 Å². The first kappa shape index (κ1) is 12.3. The van der Waals surface area contributed by atoms with Crippen molar-refractivity contribution < 1.29 is 14.4 Å². The zero-order valence-electron chi connectivity index (χ0n) is 10.5. The van der Waals surface area contributed by atoms with Crippen LogP contribution in [0, 0.1) is 0 Å². The van der Waals surface area contributed by atoms with Crippen molar-refractivity contribution in [2.24, 2.45) is 0 Å². The lowest BCUT2D eigenvalue weighted by atomic mass is 9.84. The van der Waals surface area contributed by atoms with Gasteiger partial charge in [-0.15, -0.1) is 0 Å². The van der Waals surface area contributed by atoms with Gasteiger partial charge in [0.2, 0.25) is 0 Å². The predicted molar refractivity (Wildman–Crippen MR) is 66.8 cm³/mol. The van der Waals surface area contributed by atoms with Crippen molar-refractivity contribution in [3.63, 3.8) is 0 Å². The van der Waals surface area contributed by atoms with Crippen LogP contribution in [0.5, 0.6) is 0 Å². The highest BCUT2D eigenvalue weighted by molar-refractivity contribution is 6.02. The minimum absolute atomic E-state index is 0.135. The molecule has 1 aromatic carbocycles. The second-order valence-electron chi connectivity index (χ2n) is 5.65. The van der Waals surface area contributed by atoms with Crippen molar-refractivity contribution >= 4 is 5.78 Å². The van der Waals surface area contributed by atoms with E-state index in [9.17, 15) is 9.90 Å². The maximum atomic E-state index is 12.3. The molecule has 1 saturated heterocycles. The van der Waals surface area contributed by atoms with Gasteiger partial charge in [-0.25, -0.2) is 0 Å². The van der Waals surface area contributed by atoms with Crippen LogP contribution >= 0.6 is 0 Å². The van der Waals surface area contributed by atoms with Crippen LogP contribution in [-0.2, 0) is 0 Å². The van der Waals surface area contributed by atoms with E-state index in [4.69, 9.17) is 0 Å². The van der Waals surface area contributed by atoms with Gasteiger partial charge in [-0.1, -0.05) is 30.3 Å². The average molecular weight is 234 g/mol. The molecule has 0 aliphatic carbocycles. The number of aliphatic hydroxyl groups is 1. The number of piperidine rings is 1.